The average molecular weight is 527 g/mol. The Balaban J connectivity index is 1.34. The molecule has 0 atom stereocenters. The molecule has 1 aliphatic heterocycles. The molecule has 0 spiro atoms. The van der Waals surface area contributed by atoms with Gasteiger partial charge in [-0.25, -0.2) is 4.98 Å². The maximum atomic E-state index is 12.9. The van der Waals surface area contributed by atoms with Crippen LogP contribution in [0.4, 0.5) is 0 Å². The molecule has 7 nitrogen and oxygen atoms in total. The van der Waals surface area contributed by atoms with E-state index >= 15 is 0 Å². The van der Waals surface area contributed by atoms with E-state index in [0.717, 1.165) is 21.3 Å². The van der Waals surface area contributed by atoms with Gasteiger partial charge in [0.2, 0.25) is 6.79 Å². The Kier molecular flexibility index (Phi) is 5.78. The molecule has 0 unspecified atom stereocenters. The molecule has 2 heterocycles. The first-order chi connectivity index (χ1) is 16.0. The highest BCUT2D eigenvalue weighted by atomic mass is 79.9. The van der Waals surface area contributed by atoms with Crippen molar-refractivity contribution in [3.63, 3.8) is 0 Å². The first-order valence-electron chi connectivity index (χ1n) is 10.0. The van der Waals surface area contributed by atoms with E-state index in [1.165, 1.54) is 4.68 Å². The number of hydrogen-bond acceptors (Lipinski definition) is 6. The topological polar surface area (TPSA) is 74.9 Å². The molecule has 1 aliphatic rings. The molecule has 0 saturated carbocycles. The Morgan fingerprint density at radius 2 is 2.00 bits per heavy atom. The SMILES string of the molecule is Cc1nc2ccc(Br)cc2c(=O)n1N=Cc1ccc(OCc2ccc3c(c2)OCO3)c(Cl)c1. The molecule has 33 heavy (non-hydrogen) atoms. The molecule has 3 aromatic carbocycles. The second-order valence-corrected chi connectivity index (χ2v) is 8.67. The van der Waals surface area contributed by atoms with Crippen molar-refractivity contribution < 1.29 is 14.2 Å². The maximum Gasteiger partial charge on any atom is 0.282 e. The molecule has 0 radical (unpaired) electrons. The third-order valence-corrected chi connectivity index (χ3v) is 5.87. The number of hydrogen-bond donors (Lipinski definition) is 0. The first kappa shape index (κ1) is 21.5. The van der Waals surface area contributed by atoms with Gasteiger partial charge >= 0.3 is 0 Å². The van der Waals surface area contributed by atoms with Crippen molar-refractivity contribution in [2.24, 2.45) is 5.10 Å². The van der Waals surface area contributed by atoms with Crippen molar-refractivity contribution in [1.82, 2.24) is 9.66 Å². The fourth-order valence-electron chi connectivity index (χ4n) is 3.43. The Morgan fingerprint density at radius 1 is 1.15 bits per heavy atom. The highest BCUT2D eigenvalue weighted by Crippen LogP contribution is 2.33. The average Bonchev–Trinajstić information content (AvgIpc) is 3.27. The Morgan fingerprint density at radius 3 is 2.85 bits per heavy atom. The summed E-state index contributed by atoms with van der Waals surface area (Å²) in [5.74, 6) is 2.46. The molecule has 1 aromatic heterocycles. The summed E-state index contributed by atoms with van der Waals surface area (Å²) in [5, 5.41) is 5.25. The first-order valence-corrected chi connectivity index (χ1v) is 11.2. The van der Waals surface area contributed by atoms with Crippen molar-refractivity contribution in [1.29, 1.82) is 0 Å². The van der Waals surface area contributed by atoms with Gasteiger partial charge in [0.1, 0.15) is 18.2 Å². The number of nitrogens with zero attached hydrogens (tertiary/aromatic N) is 3. The Labute approximate surface area is 202 Å². The van der Waals surface area contributed by atoms with Gasteiger partial charge in [-0.3, -0.25) is 4.79 Å². The van der Waals surface area contributed by atoms with Gasteiger partial charge in [0, 0.05) is 4.47 Å². The number of aromatic nitrogens is 2. The van der Waals surface area contributed by atoms with E-state index in [2.05, 4.69) is 26.0 Å². The Bertz CT molecular complexity index is 1470. The van der Waals surface area contributed by atoms with E-state index in [4.69, 9.17) is 25.8 Å². The summed E-state index contributed by atoms with van der Waals surface area (Å²) < 4.78 is 18.6. The molecule has 0 amide bonds. The number of ether oxygens (including phenoxy) is 3. The van der Waals surface area contributed by atoms with Crippen molar-refractivity contribution in [2.45, 2.75) is 13.5 Å². The second-order valence-electron chi connectivity index (χ2n) is 7.35. The van der Waals surface area contributed by atoms with Gasteiger partial charge in [-0.1, -0.05) is 33.6 Å². The third-order valence-electron chi connectivity index (χ3n) is 5.08. The van der Waals surface area contributed by atoms with E-state index in [0.29, 0.717) is 39.9 Å². The van der Waals surface area contributed by atoms with Gasteiger partial charge in [-0.05, 0) is 66.6 Å². The number of fused-ring (bicyclic) bond motifs is 2. The van der Waals surface area contributed by atoms with E-state index < -0.39 is 0 Å². The fourth-order valence-corrected chi connectivity index (χ4v) is 4.03. The zero-order valence-corrected chi connectivity index (χ0v) is 19.8. The van der Waals surface area contributed by atoms with Crippen LogP contribution < -0.4 is 19.8 Å². The maximum absolute atomic E-state index is 12.9. The zero-order chi connectivity index (χ0) is 22.9. The van der Waals surface area contributed by atoms with Gasteiger partial charge in [0.15, 0.2) is 11.5 Å². The van der Waals surface area contributed by atoms with E-state index in [1.54, 1.807) is 37.4 Å². The van der Waals surface area contributed by atoms with Crippen LogP contribution in [0.1, 0.15) is 17.0 Å². The van der Waals surface area contributed by atoms with Crippen LogP contribution in [-0.4, -0.2) is 22.7 Å². The molecule has 0 N–H and O–H groups in total. The van der Waals surface area contributed by atoms with Crippen molar-refractivity contribution in [2.75, 3.05) is 6.79 Å². The van der Waals surface area contributed by atoms with Gasteiger partial charge in [0.05, 0.1) is 22.1 Å². The smallest absolute Gasteiger partial charge is 0.282 e. The van der Waals surface area contributed by atoms with Crippen molar-refractivity contribution in [3.05, 3.63) is 91.4 Å². The summed E-state index contributed by atoms with van der Waals surface area (Å²) in [6.07, 6.45) is 1.56. The fraction of sp³-hybridized carbons (Fsp3) is 0.125. The summed E-state index contributed by atoms with van der Waals surface area (Å²) in [6, 6.07) is 16.3. The lowest BCUT2D eigenvalue weighted by Gasteiger charge is -2.09. The molecular weight excluding hydrogens is 510 g/mol. The highest BCUT2D eigenvalue weighted by Gasteiger charge is 2.14. The highest BCUT2D eigenvalue weighted by molar-refractivity contribution is 9.10. The van der Waals surface area contributed by atoms with Crippen molar-refractivity contribution >= 4 is 44.6 Å². The van der Waals surface area contributed by atoms with Gasteiger partial charge < -0.3 is 14.2 Å². The lowest BCUT2D eigenvalue weighted by molar-refractivity contribution is 0.174. The normalized spacial score (nSPS) is 12.6. The van der Waals surface area contributed by atoms with Crippen molar-refractivity contribution in [3.8, 4) is 17.2 Å². The van der Waals surface area contributed by atoms with Crippen LogP contribution >= 0.6 is 27.5 Å². The molecule has 0 bridgehead atoms. The molecular formula is C24H17BrClN3O4. The number of aryl methyl sites for hydroxylation is 1. The molecule has 9 heteroatoms. The number of benzene rings is 3. The standard InChI is InChI=1S/C24H17BrClN3O4/c1-14-28-20-5-4-17(25)10-18(20)24(30)29(14)27-11-15-2-6-21(19(26)8-15)31-12-16-3-7-22-23(9-16)33-13-32-22/h2-11H,12-13H2,1H3. The predicted octanol–water partition coefficient (Wildman–Crippen LogP) is 5.31. The minimum absolute atomic E-state index is 0.229. The monoisotopic (exact) mass is 525 g/mol. The minimum Gasteiger partial charge on any atom is -0.487 e. The quantitative estimate of drug-likeness (QED) is 0.330. The van der Waals surface area contributed by atoms with E-state index in [1.807, 2.05) is 30.3 Å². The molecule has 0 saturated heterocycles. The van der Waals surface area contributed by atoms with Crippen LogP contribution in [0.25, 0.3) is 10.9 Å². The summed E-state index contributed by atoms with van der Waals surface area (Å²) in [7, 11) is 0. The lowest BCUT2D eigenvalue weighted by Crippen LogP contribution is -2.20. The van der Waals surface area contributed by atoms with Crippen LogP contribution in [-0.2, 0) is 6.61 Å². The van der Waals surface area contributed by atoms with E-state index in [-0.39, 0.29) is 12.4 Å². The predicted molar refractivity (Wildman–Crippen MR) is 130 cm³/mol. The van der Waals surface area contributed by atoms with E-state index in [9.17, 15) is 4.79 Å². The summed E-state index contributed by atoms with van der Waals surface area (Å²) >= 11 is 9.80. The van der Waals surface area contributed by atoms with Crippen LogP contribution in [0, 0.1) is 6.92 Å². The molecule has 0 aliphatic carbocycles. The number of halogens is 2. The van der Waals surface area contributed by atoms with Crippen LogP contribution in [0.3, 0.4) is 0 Å². The summed E-state index contributed by atoms with van der Waals surface area (Å²) in [5.41, 5.74) is 2.03. The summed E-state index contributed by atoms with van der Waals surface area (Å²) in [6.45, 7) is 2.30. The van der Waals surface area contributed by atoms with Crippen LogP contribution in [0.2, 0.25) is 5.02 Å². The minimum atomic E-state index is -0.246. The molecule has 4 aromatic rings. The van der Waals surface area contributed by atoms with Crippen LogP contribution in [0.15, 0.2) is 69.0 Å². The Hall–Kier alpha value is -3.36. The lowest BCUT2D eigenvalue weighted by atomic mass is 10.2. The van der Waals surface area contributed by atoms with Crippen LogP contribution in [0.5, 0.6) is 17.2 Å². The van der Waals surface area contributed by atoms with Gasteiger partial charge in [-0.15, -0.1) is 0 Å². The zero-order valence-electron chi connectivity index (χ0n) is 17.4. The summed E-state index contributed by atoms with van der Waals surface area (Å²) in [4.78, 5) is 17.3. The molecule has 0 fully saturated rings. The molecule has 166 valence electrons. The third kappa shape index (κ3) is 4.44. The second kappa shape index (κ2) is 8.88. The van der Waals surface area contributed by atoms with Gasteiger partial charge in [0.25, 0.3) is 5.56 Å². The largest absolute Gasteiger partial charge is 0.487 e. The van der Waals surface area contributed by atoms with Gasteiger partial charge in [-0.2, -0.15) is 9.78 Å². The number of rotatable bonds is 5. The molecule has 5 rings (SSSR count).